The molecule has 10 heteroatoms. The quantitative estimate of drug-likeness (QED) is 0.527. The van der Waals surface area contributed by atoms with Gasteiger partial charge in [0, 0.05) is 36.8 Å². The van der Waals surface area contributed by atoms with Gasteiger partial charge in [0.05, 0.1) is 5.92 Å². The number of piperidine rings is 1. The van der Waals surface area contributed by atoms with Crippen molar-refractivity contribution in [2.24, 2.45) is 11.8 Å². The van der Waals surface area contributed by atoms with Gasteiger partial charge in [0.15, 0.2) is 5.69 Å². The summed E-state index contributed by atoms with van der Waals surface area (Å²) in [5.74, 6) is -0.636. The molecule has 0 bridgehead atoms. The number of likely N-dealkylation sites (tertiary alicyclic amines) is 1. The molecular weight excluding hydrogens is 482 g/mol. The Morgan fingerprint density at radius 2 is 1.92 bits per heavy atom. The zero-order valence-electron chi connectivity index (χ0n) is 21.3. The Morgan fingerprint density at radius 1 is 1.22 bits per heavy atom. The molecule has 36 heavy (non-hydrogen) atoms. The monoisotopic (exact) mass is 517 g/mol. The van der Waals surface area contributed by atoms with E-state index in [1.807, 2.05) is 20.8 Å². The summed E-state index contributed by atoms with van der Waals surface area (Å²) in [4.78, 5) is 57.7. The molecule has 3 rings (SSSR count). The number of amides is 2. The van der Waals surface area contributed by atoms with E-state index in [1.165, 1.54) is 9.47 Å². The molecule has 1 aliphatic rings. The maximum absolute atomic E-state index is 13.9. The lowest BCUT2D eigenvalue weighted by molar-refractivity contribution is -0.123. The van der Waals surface area contributed by atoms with Gasteiger partial charge in [0.2, 0.25) is 5.91 Å². The maximum Gasteiger partial charge on any atom is 0.330 e. The zero-order chi connectivity index (χ0) is 26.4. The average Bonchev–Trinajstić information content (AvgIpc) is 2.85. The van der Waals surface area contributed by atoms with E-state index in [-0.39, 0.29) is 42.3 Å². The number of halogens is 1. The number of carbonyl (C=O) groups excluding carboxylic acids is 2. The van der Waals surface area contributed by atoms with Crippen LogP contribution in [0.5, 0.6) is 0 Å². The van der Waals surface area contributed by atoms with E-state index in [0.29, 0.717) is 49.4 Å². The molecule has 0 radical (unpaired) electrons. The number of nitrogens with one attached hydrogen (secondary N) is 1. The van der Waals surface area contributed by atoms with Crippen molar-refractivity contribution in [1.29, 1.82) is 0 Å². The lowest BCUT2D eigenvalue weighted by Gasteiger charge is -2.35. The predicted molar refractivity (Wildman–Crippen MR) is 143 cm³/mol. The van der Waals surface area contributed by atoms with Gasteiger partial charge in [-0.15, -0.1) is 0 Å². The number of aromatic nitrogens is 2. The molecule has 1 fully saturated rings. The summed E-state index contributed by atoms with van der Waals surface area (Å²) in [5, 5.41) is 0.544. The molecule has 0 spiro atoms. The van der Waals surface area contributed by atoms with Crippen molar-refractivity contribution in [3.05, 3.63) is 55.7 Å². The van der Waals surface area contributed by atoms with Gasteiger partial charge < -0.3 is 15.5 Å². The van der Waals surface area contributed by atoms with Crippen LogP contribution in [-0.4, -0.2) is 45.9 Å². The molecule has 1 aliphatic heterocycles. The third-order valence-corrected chi connectivity index (χ3v) is 6.82. The lowest BCUT2D eigenvalue weighted by Crippen LogP contribution is -2.49. The normalized spacial score (nSPS) is 15.8. The molecule has 2 amide bonds. The van der Waals surface area contributed by atoms with Gasteiger partial charge in [-0.1, -0.05) is 38.8 Å². The minimum atomic E-state index is -0.674. The number of aromatic amines is 1. The molecule has 1 aromatic carbocycles. The molecule has 1 atom stereocenters. The lowest BCUT2D eigenvalue weighted by atomic mass is 9.95. The van der Waals surface area contributed by atoms with Crippen LogP contribution in [0.15, 0.2) is 33.9 Å². The molecule has 2 aromatic rings. The first kappa shape index (κ1) is 27.5. The summed E-state index contributed by atoms with van der Waals surface area (Å²) in [5.41, 5.74) is 5.60. The fourth-order valence-electron chi connectivity index (χ4n) is 4.45. The highest BCUT2D eigenvalue weighted by Gasteiger charge is 2.34. The van der Waals surface area contributed by atoms with Crippen molar-refractivity contribution in [3.8, 4) is 0 Å². The van der Waals surface area contributed by atoms with Crippen LogP contribution in [0.3, 0.4) is 0 Å². The van der Waals surface area contributed by atoms with E-state index in [2.05, 4.69) is 4.98 Å². The number of H-pyrrole nitrogens is 1. The topological polar surface area (TPSA) is 121 Å². The van der Waals surface area contributed by atoms with Gasteiger partial charge in [-0.3, -0.25) is 23.9 Å². The first-order chi connectivity index (χ1) is 17.1. The van der Waals surface area contributed by atoms with Crippen LogP contribution in [-0.2, 0) is 11.3 Å². The van der Waals surface area contributed by atoms with Crippen molar-refractivity contribution >= 4 is 34.9 Å². The number of rotatable bonds is 9. The molecule has 0 saturated carbocycles. The highest BCUT2D eigenvalue weighted by molar-refractivity contribution is 6.30. The van der Waals surface area contributed by atoms with E-state index >= 15 is 0 Å². The average molecular weight is 518 g/mol. The second-order valence-corrected chi connectivity index (χ2v) is 10.2. The van der Waals surface area contributed by atoms with Gasteiger partial charge in [-0.25, -0.2) is 4.79 Å². The second kappa shape index (κ2) is 12.3. The smallest absolute Gasteiger partial charge is 0.330 e. The molecule has 1 aromatic heterocycles. The van der Waals surface area contributed by atoms with E-state index in [0.717, 1.165) is 6.42 Å². The minimum Gasteiger partial charge on any atom is -0.383 e. The Labute approximate surface area is 216 Å². The summed E-state index contributed by atoms with van der Waals surface area (Å²) < 4.78 is 1.33. The van der Waals surface area contributed by atoms with E-state index in [4.69, 9.17) is 17.3 Å². The van der Waals surface area contributed by atoms with Crippen LogP contribution in [0.1, 0.15) is 63.2 Å². The van der Waals surface area contributed by atoms with Gasteiger partial charge in [0.25, 0.3) is 11.5 Å². The van der Waals surface area contributed by atoms with Crippen molar-refractivity contribution in [3.63, 3.8) is 0 Å². The number of anilines is 2. The first-order valence-electron chi connectivity index (χ1n) is 12.6. The Hall–Kier alpha value is -3.07. The fraction of sp³-hybridized carbons (Fsp3) is 0.538. The molecule has 0 unspecified atom stereocenters. The van der Waals surface area contributed by atoms with Gasteiger partial charge in [-0.05, 0) is 55.9 Å². The summed E-state index contributed by atoms with van der Waals surface area (Å²) in [6, 6.07) is 6.67. The van der Waals surface area contributed by atoms with Crippen LogP contribution in [0.4, 0.5) is 11.5 Å². The third kappa shape index (κ3) is 6.37. The minimum absolute atomic E-state index is 0.000729. The predicted octanol–water partition coefficient (Wildman–Crippen LogP) is 3.50. The van der Waals surface area contributed by atoms with Crippen molar-refractivity contribution in [2.75, 3.05) is 30.3 Å². The number of hydrogen-bond donors (Lipinski definition) is 2. The Balaban J connectivity index is 1.92. The van der Waals surface area contributed by atoms with Crippen LogP contribution in [0, 0.1) is 11.8 Å². The van der Waals surface area contributed by atoms with Crippen LogP contribution in [0.2, 0.25) is 5.02 Å². The van der Waals surface area contributed by atoms with Crippen LogP contribution in [0.25, 0.3) is 0 Å². The maximum atomic E-state index is 13.9. The van der Waals surface area contributed by atoms with E-state index in [1.54, 1.807) is 29.2 Å². The molecular formula is C26H36ClN5O4. The van der Waals surface area contributed by atoms with Crippen LogP contribution >= 0.6 is 11.6 Å². The molecule has 3 N–H and O–H groups in total. The van der Waals surface area contributed by atoms with Crippen LogP contribution < -0.4 is 21.9 Å². The molecule has 9 nitrogen and oxygen atoms in total. The largest absolute Gasteiger partial charge is 0.383 e. The summed E-state index contributed by atoms with van der Waals surface area (Å²) >= 11 is 5.95. The highest BCUT2D eigenvalue weighted by atomic mass is 35.5. The number of nitrogens with zero attached hydrogens (tertiary/aromatic N) is 3. The molecule has 2 heterocycles. The fourth-order valence-corrected chi connectivity index (χ4v) is 4.58. The summed E-state index contributed by atoms with van der Waals surface area (Å²) in [6.45, 7) is 7.48. The number of carbonyl (C=O) groups is 2. The third-order valence-electron chi connectivity index (χ3n) is 6.56. The van der Waals surface area contributed by atoms with Crippen molar-refractivity contribution in [2.45, 2.75) is 59.4 Å². The number of nitrogens with two attached hydrogens (primary N) is 1. The van der Waals surface area contributed by atoms with E-state index in [9.17, 15) is 19.2 Å². The van der Waals surface area contributed by atoms with Crippen molar-refractivity contribution in [1.82, 2.24) is 14.5 Å². The Bertz CT molecular complexity index is 1190. The summed E-state index contributed by atoms with van der Waals surface area (Å²) in [6.07, 6.45) is 3.46. The van der Waals surface area contributed by atoms with E-state index < -0.39 is 17.2 Å². The number of nitrogen functional groups attached to an aromatic ring is 1. The molecule has 196 valence electrons. The van der Waals surface area contributed by atoms with Gasteiger partial charge in [-0.2, -0.15) is 0 Å². The summed E-state index contributed by atoms with van der Waals surface area (Å²) in [7, 11) is 0. The molecule has 1 saturated heterocycles. The van der Waals surface area contributed by atoms with Gasteiger partial charge in [0.1, 0.15) is 5.82 Å². The number of unbranched alkanes of at least 4 members (excludes halogenated alkanes) is 1. The highest BCUT2D eigenvalue weighted by Crippen LogP contribution is 2.26. The van der Waals surface area contributed by atoms with Gasteiger partial charge >= 0.3 is 5.69 Å². The number of hydrogen-bond acceptors (Lipinski definition) is 5. The zero-order valence-corrected chi connectivity index (χ0v) is 22.0. The second-order valence-electron chi connectivity index (χ2n) is 9.77. The standard InChI is InChI=1S/C26H36ClN5O4/c1-4-5-14-32-22(28)21(23(33)29-26(32)36)31(15-12-17(2)3)25(35)19-7-6-13-30(16-19)24(34)18-8-10-20(27)11-9-18/h8-11,17,19H,4-7,12-16,28H2,1-3H3,(H,29,33,36)/t19-/m1/s1. The molecule has 0 aliphatic carbocycles. The first-order valence-corrected chi connectivity index (χ1v) is 13.0. The SMILES string of the molecule is CCCCn1c(N)c(N(CCC(C)C)C(=O)[C@@H]2CCCN(C(=O)c3ccc(Cl)cc3)C2)c(=O)[nH]c1=O. The Morgan fingerprint density at radius 3 is 2.56 bits per heavy atom. The number of benzene rings is 1. The Kier molecular flexibility index (Phi) is 9.37. The van der Waals surface area contributed by atoms with Crippen molar-refractivity contribution < 1.29 is 9.59 Å².